The summed E-state index contributed by atoms with van der Waals surface area (Å²) in [6, 6.07) is 1.89. The maximum Gasteiger partial charge on any atom is 0.0122 e. The van der Waals surface area contributed by atoms with Gasteiger partial charge in [0.05, 0.1) is 0 Å². The van der Waals surface area contributed by atoms with Gasteiger partial charge in [0.15, 0.2) is 0 Å². The molecule has 2 aliphatic rings. The summed E-state index contributed by atoms with van der Waals surface area (Å²) in [6.45, 7) is 6.12. The molecule has 1 heteroatoms. The van der Waals surface area contributed by atoms with E-state index in [1.54, 1.807) is 0 Å². The molecule has 0 aromatic carbocycles. The lowest BCUT2D eigenvalue weighted by Crippen LogP contribution is -2.34. The summed E-state index contributed by atoms with van der Waals surface area (Å²) >= 11 is 0. The Hall–Kier alpha value is -0.0400. The van der Waals surface area contributed by atoms with E-state index in [4.69, 9.17) is 0 Å². The third kappa shape index (κ3) is 1.20. The van der Waals surface area contributed by atoms with E-state index in [2.05, 4.69) is 18.7 Å². The van der Waals surface area contributed by atoms with Crippen LogP contribution in [-0.4, -0.2) is 23.5 Å². The molecule has 2 fully saturated rings. The molecule has 0 aliphatic carbocycles. The second-order valence-corrected chi connectivity index (χ2v) is 4.42. The summed E-state index contributed by atoms with van der Waals surface area (Å²) in [7, 11) is 0. The molecular weight excluding hydrogens is 134 g/mol. The predicted octanol–water partition coefficient (Wildman–Crippen LogP) is 2.27. The average Bonchev–Trinajstić information content (AvgIpc) is 2.41. The molecule has 0 saturated carbocycles. The van der Waals surface area contributed by atoms with Crippen molar-refractivity contribution in [1.29, 1.82) is 0 Å². The fourth-order valence-electron chi connectivity index (χ4n) is 2.85. The van der Waals surface area contributed by atoms with E-state index in [9.17, 15) is 0 Å². The maximum absolute atomic E-state index is 2.75. The molecule has 2 heterocycles. The average molecular weight is 153 g/mol. The van der Waals surface area contributed by atoms with Crippen molar-refractivity contribution in [2.24, 2.45) is 5.92 Å². The summed E-state index contributed by atoms with van der Waals surface area (Å²) in [5, 5.41) is 0. The predicted molar refractivity (Wildman–Crippen MR) is 47.6 cm³/mol. The molecule has 0 bridgehead atoms. The largest absolute Gasteiger partial charge is 0.297 e. The van der Waals surface area contributed by atoms with Gasteiger partial charge >= 0.3 is 0 Å². The molecule has 0 unspecified atom stereocenters. The number of hydrogen-bond acceptors (Lipinski definition) is 1. The van der Waals surface area contributed by atoms with E-state index >= 15 is 0 Å². The van der Waals surface area contributed by atoms with Gasteiger partial charge in [-0.3, -0.25) is 4.90 Å². The number of nitrogens with zero attached hydrogens (tertiary/aromatic N) is 1. The van der Waals surface area contributed by atoms with Crippen molar-refractivity contribution in [3.05, 3.63) is 0 Å². The minimum absolute atomic E-state index is 0.873. The van der Waals surface area contributed by atoms with Crippen LogP contribution >= 0.6 is 0 Å². The number of hydrogen-bond donors (Lipinski definition) is 0. The van der Waals surface area contributed by atoms with Gasteiger partial charge < -0.3 is 0 Å². The molecule has 0 radical (unpaired) electrons. The van der Waals surface area contributed by atoms with Gasteiger partial charge in [-0.15, -0.1) is 0 Å². The Morgan fingerprint density at radius 2 is 2.00 bits per heavy atom. The van der Waals surface area contributed by atoms with Gasteiger partial charge in [-0.2, -0.15) is 0 Å². The Morgan fingerprint density at radius 3 is 2.73 bits per heavy atom. The van der Waals surface area contributed by atoms with Crippen molar-refractivity contribution >= 4 is 0 Å². The van der Waals surface area contributed by atoms with Crippen LogP contribution in [0.1, 0.15) is 39.5 Å². The van der Waals surface area contributed by atoms with Crippen LogP contribution in [0.25, 0.3) is 0 Å². The first-order valence-electron chi connectivity index (χ1n) is 5.05. The molecule has 2 saturated heterocycles. The van der Waals surface area contributed by atoms with Crippen LogP contribution in [0.2, 0.25) is 0 Å². The molecule has 0 N–H and O–H groups in total. The van der Waals surface area contributed by atoms with Crippen molar-refractivity contribution in [3.63, 3.8) is 0 Å². The van der Waals surface area contributed by atoms with Crippen molar-refractivity contribution in [2.75, 3.05) is 6.54 Å². The summed E-state index contributed by atoms with van der Waals surface area (Å²) in [5.41, 5.74) is 0. The number of fused-ring (bicyclic) bond motifs is 1. The number of rotatable bonds is 1. The van der Waals surface area contributed by atoms with Gasteiger partial charge in [-0.25, -0.2) is 0 Å². The molecule has 64 valence electrons. The summed E-state index contributed by atoms with van der Waals surface area (Å²) in [6.07, 6.45) is 5.86. The molecule has 1 nitrogen and oxygen atoms in total. The van der Waals surface area contributed by atoms with Gasteiger partial charge in [0.1, 0.15) is 0 Å². The van der Waals surface area contributed by atoms with Crippen molar-refractivity contribution in [2.45, 2.75) is 51.6 Å². The summed E-state index contributed by atoms with van der Waals surface area (Å²) < 4.78 is 0. The van der Waals surface area contributed by atoms with E-state index < -0.39 is 0 Å². The van der Waals surface area contributed by atoms with Crippen LogP contribution in [-0.2, 0) is 0 Å². The summed E-state index contributed by atoms with van der Waals surface area (Å²) in [4.78, 5) is 2.75. The lowest BCUT2D eigenvalue weighted by atomic mass is 10.0. The highest BCUT2D eigenvalue weighted by Crippen LogP contribution is 2.35. The molecule has 2 rings (SSSR count). The highest BCUT2D eigenvalue weighted by Gasteiger charge is 2.37. The van der Waals surface area contributed by atoms with Crippen LogP contribution in [0, 0.1) is 5.92 Å². The Kier molecular flexibility index (Phi) is 1.92. The SMILES string of the molecule is CC(C)[C@H]1CC[C@H]2CCCN21. The van der Waals surface area contributed by atoms with Gasteiger partial charge in [0, 0.05) is 12.1 Å². The topological polar surface area (TPSA) is 3.24 Å². The Balaban J connectivity index is 2.03. The molecule has 0 amide bonds. The third-order valence-corrected chi connectivity index (χ3v) is 3.41. The van der Waals surface area contributed by atoms with Crippen LogP contribution in [0.3, 0.4) is 0 Å². The zero-order valence-corrected chi connectivity index (χ0v) is 7.71. The summed E-state index contributed by atoms with van der Waals surface area (Å²) in [5.74, 6) is 0.873. The Labute approximate surface area is 69.8 Å². The van der Waals surface area contributed by atoms with E-state index in [0.29, 0.717) is 0 Å². The quantitative estimate of drug-likeness (QED) is 0.558. The molecule has 0 aromatic rings. The Bertz CT molecular complexity index is 142. The fraction of sp³-hybridized carbons (Fsp3) is 1.00. The normalized spacial score (nSPS) is 38.5. The van der Waals surface area contributed by atoms with Crippen LogP contribution in [0.4, 0.5) is 0 Å². The van der Waals surface area contributed by atoms with Crippen molar-refractivity contribution in [1.82, 2.24) is 4.90 Å². The Morgan fingerprint density at radius 1 is 1.18 bits per heavy atom. The maximum atomic E-state index is 2.75. The van der Waals surface area contributed by atoms with E-state index in [-0.39, 0.29) is 0 Å². The lowest BCUT2D eigenvalue weighted by Gasteiger charge is -2.26. The second-order valence-electron chi connectivity index (χ2n) is 4.42. The lowest BCUT2D eigenvalue weighted by molar-refractivity contribution is 0.201. The van der Waals surface area contributed by atoms with Crippen molar-refractivity contribution < 1.29 is 0 Å². The third-order valence-electron chi connectivity index (χ3n) is 3.41. The minimum atomic E-state index is 0.873. The van der Waals surface area contributed by atoms with Crippen LogP contribution in [0.5, 0.6) is 0 Å². The molecule has 11 heavy (non-hydrogen) atoms. The molecule has 2 aliphatic heterocycles. The molecular formula is C10H19N. The van der Waals surface area contributed by atoms with E-state index in [1.165, 1.54) is 32.2 Å². The molecule has 0 aromatic heterocycles. The highest BCUT2D eigenvalue weighted by molar-refractivity contribution is 4.92. The monoisotopic (exact) mass is 153 g/mol. The standard InChI is InChI=1S/C10H19N/c1-8(2)10-6-5-9-4-3-7-11(9)10/h8-10H,3-7H2,1-2H3/t9-,10-/m1/s1. The van der Waals surface area contributed by atoms with E-state index in [0.717, 1.165) is 18.0 Å². The molecule has 0 spiro atoms. The van der Waals surface area contributed by atoms with Gasteiger partial charge in [0.25, 0.3) is 0 Å². The van der Waals surface area contributed by atoms with Crippen LogP contribution < -0.4 is 0 Å². The fourth-order valence-corrected chi connectivity index (χ4v) is 2.85. The highest BCUT2D eigenvalue weighted by atomic mass is 15.2. The first kappa shape index (κ1) is 7.60. The first-order chi connectivity index (χ1) is 5.29. The zero-order valence-electron chi connectivity index (χ0n) is 7.71. The minimum Gasteiger partial charge on any atom is -0.297 e. The van der Waals surface area contributed by atoms with E-state index in [1.807, 2.05) is 0 Å². The van der Waals surface area contributed by atoms with Crippen LogP contribution in [0.15, 0.2) is 0 Å². The van der Waals surface area contributed by atoms with Gasteiger partial charge in [-0.05, 0) is 38.1 Å². The zero-order chi connectivity index (χ0) is 7.84. The van der Waals surface area contributed by atoms with Gasteiger partial charge in [0.2, 0.25) is 0 Å². The smallest absolute Gasteiger partial charge is 0.0122 e. The molecule has 2 atom stereocenters. The second kappa shape index (κ2) is 2.78. The van der Waals surface area contributed by atoms with Crippen molar-refractivity contribution in [3.8, 4) is 0 Å². The first-order valence-corrected chi connectivity index (χ1v) is 5.05. The van der Waals surface area contributed by atoms with Gasteiger partial charge in [-0.1, -0.05) is 13.8 Å².